The lowest BCUT2D eigenvalue weighted by Gasteiger charge is -2.28. The van der Waals surface area contributed by atoms with Crippen molar-refractivity contribution in [1.29, 1.82) is 0 Å². The molecule has 2 N–H and O–H groups in total. The minimum absolute atomic E-state index is 0.0154. The first-order chi connectivity index (χ1) is 14.8. The van der Waals surface area contributed by atoms with Crippen molar-refractivity contribution in [2.75, 3.05) is 31.3 Å². The summed E-state index contributed by atoms with van der Waals surface area (Å²) in [6.07, 6.45) is 0.425. The second kappa shape index (κ2) is 10.6. The molecule has 0 aliphatic carbocycles. The van der Waals surface area contributed by atoms with Crippen molar-refractivity contribution < 1.29 is 29.0 Å². The van der Waals surface area contributed by atoms with Gasteiger partial charge in [0.25, 0.3) is 0 Å². The normalized spacial score (nSPS) is 21.6. The largest absolute Gasteiger partial charge is 0.491 e. The number of carboxylic acid groups (broad SMARTS) is 1. The molecule has 0 bridgehead atoms. The molecule has 170 valence electrons. The van der Waals surface area contributed by atoms with Crippen LogP contribution < -0.4 is 10.1 Å². The van der Waals surface area contributed by atoms with Crippen LogP contribution in [0, 0.1) is 0 Å². The summed E-state index contributed by atoms with van der Waals surface area (Å²) < 4.78 is 10.6. The summed E-state index contributed by atoms with van der Waals surface area (Å²) in [5.74, 6) is 0.641. The fourth-order valence-corrected chi connectivity index (χ4v) is 7.00. The van der Waals surface area contributed by atoms with Gasteiger partial charge in [0.15, 0.2) is 0 Å². The van der Waals surface area contributed by atoms with Gasteiger partial charge in [-0.2, -0.15) is 0 Å². The maximum Gasteiger partial charge on any atom is 0.326 e. The summed E-state index contributed by atoms with van der Waals surface area (Å²) in [5, 5.41) is 12.7. The summed E-state index contributed by atoms with van der Waals surface area (Å²) in [6.45, 7) is 3.91. The van der Waals surface area contributed by atoms with E-state index in [2.05, 4.69) is 5.32 Å². The first kappa shape index (κ1) is 23.7. The number of benzene rings is 1. The molecule has 1 spiro atoms. The number of rotatable bonds is 9. The van der Waals surface area contributed by atoms with Crippen molar-refractivity contribution in [2.45, 2.75) is 42.5 Å². The van der Waals surface area contributed by atoms with Crippen LogP contribution in [0.1, 0.15) is 20.3 Å². The first-order valence-electron chi connectivity index (χ1n) is 10.3. The van der Waals surface area contributed by atoms with E-state index in [1.165, 1.54) is 4.90 Å². The number of nitrogens with zero attached hydrogens (tertiary/aromatic N) is 1. The summed E-state index contributed by atoms with van der Waals surface area (Å²) in [5.41, 5.74) is 0. The number of esters is 1. The molecule has 1 aromatic rings. The predicted octanol–water partition coefficient (Wildman–Crippen LogP) is 1.84. The highest BCUT2D eigenvalue weighted by molar-refractivity contribution is 8.21. The van der Waals surface area contributed by atoms with Crippen LogP contribution in [0.15, 0.2) is 30.3 Å². The lowest BCUT2D eigenvalue weighted by molar-refractivity contribution is -0.150. The van der Waals surface area contributed by atoms with E-state index in [0.29, 0.717) is 18.7 Å². The summed E-state index contributed by atoms with van der Waals surface area (Å²) in [4.78, 5) is 38.9. The van der Waals surface area contributed by atoms with Crippen molar-refractivity contribution in [2.24, 2.45) is 0 Å². The number of carbonyl (C=O) groups excluding carboxylic acids is 2. The third-order valence-corrected chi connectivity index (χ3v) is 8.65. The standard InChI is InChI=1S/C21H28N2O6S2/c1-3-28-20(27)16(12-29-15-7-5-4-6-8-15)22-14(2)18(24)23-13-21(30-9-10-31-21)11-17(23)19(25)26/h4-8,14,16-17,22H,3,9-13H2,1-2H3,(H,25,26)/t14-,16-,17-/m0/s1. The van der Waals surface area contributed by atoms with E-state index in [1.807, 2.05) is 18.2 Å². The third-order valence-electron chi connectivity index (χ3n) is 5.23. The summed E-state index contributed by atoms with van der Waals surface area (Å²) >= 11 is 3.46. The molecule has 0 saturated carbocycles. The molecule has 2 saturated heterocycles. The number of carbonyl (C=O) groups is 3. The topological polar surface area (TPSA) is 105 Å². The van der Waals surface area contributed by atoms with Crippen LogP contribution in [0.25, 0.3) is 0 Å². The molecule has 3 rings (SSSR count). The molecule has 2 aliphatic rings. The zero-order valence-corrected chi connectivity index (χ0v) is 19.2. The smallest absolute Gasteiger partial charge is 0.326 e. The van der Waals surface area contributed by atoms with E-state index in [9.17, 15) is 19.5 Å². The third kappa shape index (κ3) is 5.87. The first-order valence-corrected chi connectivity index (χ1v) is 12.2. The Kier molecular flexibility index (Phi) is 8.12. The predicted molar refractivity (Wildman–Crippen MR) is 120 cm³/mol. The summed E-state index contributed by atoms with van der Waals surface area (Å²) in [6, 6.07) is 6.54. The van der Waals surface area contributed by atoms with Gasteiger partial charge in [-0.1, -0.05) is 18.2 Å². The lowest BCUT2D eigenvalue weighted by atomic mass is 10.2. The molecular weight excluding hydrogens is 440 g/mol. The highest BCUT2D eigenvalue weighted by Crippen LogP contribution is 2.51. The van der Waals surface area contributed by atoms with Crippen LogP contribution in [0.5, 0.6) is 5.75 Å². The number of para-hydroxylation sites is 1. The Balaban J connectivity index is 1.67. The Morgan fingerprint density at radius 2 is 1.94 bits per heavy atom. The number of hydrogen-bond donors (Lipinski definition) is 2. The lowest BCUT2D eigenvalue weighted by Crippen LogP contribution is -2.54. The molecule has 1 aromatic carbocycles. The fourth-order valence-electron chi connectivity index (χ4n) is 3.74. The van der Waals surface area contributed by atoms with Crippen LogP contribution in [-0.2, 0) is 19.1 Å². The fraction of sp³-hybridized carbons (Fsp3) is 0.571. The van der Waals surface area contributed by atoms with Crippen LogP contribution in [-0.4, -0.2) is 81.3 Å². The minimum atomic E-state index is -1.00. The number of carboxylic acids is 1. The molecule has 0 unspecified atom stereocenters. The Morgan fingerprint density at radius 3 is 2.55 bits per heavy atom. The van der Waals surface area contributed by atoms with Gasteiger partial charge in [-0.3, -0.25) is 14.9 Å². The molecular formula is C21H28N2O6S2. The van der Waals surface area contributed by atoms with Gasteiger partial charge >= 0.3 is 11.9 Å². The minimum Gasteiger partial charge on any atom is -0.491 e. The molecule has 0 radical (unpaired) electrons. The van der Waals surface area contributed by atoms with Gasteiger partial charge < -0.3 is 19.5 Å². The molecule has 1 amide bonds. The van der Waals surface area contributed by atoms with Crippen molar-refractivity contribution >= 4 is 41.4 Å². The Hall–Kier alpha value is -1.91. The highest BCUT2D eigenvalue weighted by Gasteiger charge is 2.52. The number of hydrogen-bond acceptors (Lipinski definition) is 8. The van der Waals surface area contributed by atoms with E-state index in [0.717, 1.165) is 11.5 Å². The molecule has 2 heterocycles. The van der Waals surface area contributed by atoms with Gasteiger partial charge in [0.1, 0.15) is 24.4 Å². The molecule has 0 aromatic heterocycles. The number of likely N-dealkylation sites (tertiary alicyclic amines) is 1. The van der Waals surface area contributed by atoms with Crippen LogP contribution in [0.2, 0.25) is 0 Å². The van der Waals surface area contributed by atoms with Gasteiger partial charge in [0.05, 0.1) is 16.7 Å². The number of aliphatic carboxylic acids is 1. The quantitative estimate of drug-likeness (QED) is 0.525. The SMILES string of the molecule is CCOC(=O)[C@H](COc1ccccc1)N[C@@H](C)C(=O)N1CC2(C[C@H]1C(=O)O)SCCS2. The van der Waals surface area contributed by atoms with Gasteiger partial charge in [-0.25, -0.2) is 4.79 Å². The average molecular weight is 469 g/mol. The number of amides is 1. The molecule has 31 heavy (non-hydrogen) atoms. The summed E-state index contributed by atoms with van der Waals surface area (Å²) in [7, 11) is 0. The van der Waals surface area contributed by atoms with E-state index in [4.69, 9.17) is 9.47 Å². The van der Waals surface area contributed by atoms with E-state index in [1.54, 1.807) is 49.5 Å². The van der Waals surface area contributed by atoms with E-state index < -0.39 is 30.1 Å². The maximum absolute atomic E-state index is 13.2. The zero-order chi connectivity index (χ0) is 22.4. The van der Waals surface area contributed by atoms with E-state index >= 15 is 0 Å². The van der Waals surface area contributed by atoms with Gasteiger partial charge in [0, 0.05) is 24.5 Å². The molecule has 2 fully saturated rings. The maximum atomic E-state index is 13.2. The second-order valence-electron chi connectivity index (χ2n) is 7.45. The van der Waals surface area contributed by atoms with Gasteiger partial charge in [-0.15, -0.1) is 23.5 Å². The molecule has 8 nitrogen and oxygen atoms in total. The molecule has 2 aliphatic heterocycles. The average Bonchev–Trinajstić information content (AvgIpc) is 3.38. The van der Waals surface area contributed by atoms with Crippen molar-refractivity contribution in [3.63, 3.8) is 0 Å². The Morgan fingerprint density at radius 1 is 1.26 bits per heavy atom. The van der Waals surface area contributed by atoms with Crippen molar-refractivity contribution in [1.82, 2.24) is 10.2 Å². The zero-order valence-electron chi connectivity index (χ0n) is 17.6. The van der Waals surface area contributed by atoms with Crippen LogP contribution in [0.4, 0.5) is 0 Å². The monoisotopic (exact) mass is 468 g/mol. The van der Waals surface area contributed by atoms with E-state index in [-0.39, 0.29) is 23.2 Å². The number of ether oxygens (including phenoxy) is 2. The van der Waals surface area contributed by atoms with Crippen molar-refractivity contribution in [3.05, 3.63) is 30.3 Å². The van der Waals surface area contributed by atoms with Gasteiger partial charge in [-0.05, 0) is 26.0 Å². The molecule has 10 heteroatoms. The molecule has 3 atom stereocenters. The Bertz CT molecular complexity index is 787. The number of thioether (sulfide) groups is 2. The van der Waals surface area contributed by atoms with Gasteiger partial charge in [0.2, 0.25) is 5.91 Å². The van der Waals surface area contributed by atoms with Crippen LogP contribution in [0.3, 0.4) is 0 Å². The van der Waals surface area contributed by atoms with Crippen molar-refractivity contribution in [3.8, 4) is 5.75 Å². The van der Waals surface area contributed by atoms with Crippen LogP contribution >= 0.6 is 23.5 Å². The second-order valence-corrected chi connectivity index (χ2v) is 10.7. The Labute approximate surface area is 190 Å². The number of nitrogens with one attached hydrogen (secondary N) is 1. The highest BCUT2D eigenvalue weighted by atomic mass is 32.2.